The van der Waals surface area contributed by atoms with Crippen LogP contribution < -0.4 is 21.9 Å². The third kappa shape index (κ3) is 6.51. The molecule has 0 saturated carbocycles. The Morgan fingerprint density at radius 2 is 1.65 bits per heavy atom. The zero-order chi connectivity index (χ0) is 33.9. The van der Waals surface area contributed by atoms with E-state index in [2.05, 4.69) is 10.6 Å². The maximum Gasteiger partial charge on any atom is 0.337 e. The van der Waals surface area contributed by atoms with Gasteiger partial charge >= 0.3 is 11.7 Å². The zero-order valence-corrected chi connectivity index (χ0v) is 27.3. The first-order valence-electron chi connectivity index (χ1n) is 15.5. The minimum absolute atomic E-state index is 0.116. The predicted octanol–water partition coefficient (Wildman–Crippen LogP) is 5.01. The van der Waals surface area contributed by atoms with Crippen LogP contribution in [0.4, 0.5) is 19.3 Å². The van der Waals surface area contributed by atoms with Crippen LogP contribution in [0.2, 0.25) is 0 Å². The summed E-state index contributed by atoms with van der Waals surface area (Å²) < 4.78 is 32.3. The lowest BCUT2D eigenvalue weighted by Gasteiger charge is -2.22. The lowest BCUT2D eigenvalue weighted by Crippen LogP contribution is -2.39. The van der Waals surface area contributed by atoms with Crippen molar-refractivity contribution in [2.45, 2.75) is 25.9 Å². The van der Waals surface area contributed by atoms with Crippen molar-refractivity contribution in [3.05, 3.63) is 116 Å². The maximum atomic E-state index is 15.0. The van der Waals surface area contributed by atoms with E-state index >= 15 is 0 Å². The van der Waals surface area contributed by atoms with Gasteiger partial charge in [-0.05, 0) is 61.0 Å². The summed E-state index contributed by atoms with van der Waals surface area (Å²) in [6, 6.07) is 18.6. The van der Waals surface area contributed by atoms with Crippen LogP contribution in [-0.4, -0.2) is 64.6 Å². The summed E-state index contributed by atoms with van der Waals surface area (Å²) in [5.41, 5.74) is 0.644. The molecule has 5 aromatic rings. The van der Waals surface area contributed by atoms with Gasteiger partial charge in [-0.2, -0.15) is 0 Å². The topological polar surface area (TPSA) is 109 Å². The fourth-order valence-electron chi connectivity index (χ4n) is 5.92. The number of carbonyl (C=O) groups is 2. The summed E-state index contributed by atoms with van der Waals surface area (Å²) in [4.78, 5) is 57.5. The van der Waals surface area contributed by atoms with E-state index in [1.54, 1.807) is 54.6 Å². The van der Waals surface area contributed by atoms with Crippen molar-refractivity contribution in [2.75, 3.05) is 39.0 Å². The Labute approximate surface area is 278 Å². The largest absolute Gasteiger partial charge is 0.341 e. The number of benzene rings is 3. The molecular formula is C35H34F2N6O4S. The lowest BCUT2D eigenvalue weighted by atomic mass is 10.1. The number of para-hydroxylation sites is 1. The first kappa shape index (κ1) is 32.8. The van der Waals surface area contributed by atoms with Gasteiger partial charge in [-0.1, -0.05) is 36.4 Å². The van der Waals surface area contributed by atoms with Gasteiger partial charge in [0.2, 0.25) is 5.91 Å². The molecule has 1 saturated heterocycles. The van der Waals surface area contributed by atoms with Crippen molar-refractivity contribution in [2.24, 2.45) is 0 Å². The van der Waals surface area contributed by atoms with E-state index in [-0.39, 0.29) is 34.3 Å². The molecule has 0 bridgehead atoms. The van der Waals surface area contributed by atoms with Crippen molar-refractivity contribution < 1.29 is 18.4 Å². The van der Waals surface area contributed by atoms with Crippen LogP contribution in [0.15, 0.2) is 82.4 Å². The molecule has 0 radical (unpaired) electrons. The van der Waals surface area contributed by atoms with Crippen LogP contribution in [-0.2, 0) is 17.9 Å². The highest BCUT2D eigenvalue weighted by Crippen LogP contribution is 2.38. The Bertz CT molecular complexity index is 2090. The molecule has 0 unspecified atom stereocenters. The van der Waals surface area contributed by atoms with E-state index in [0.29, 0.717) is 47.9 Å². The molecule has 3 amide bonds. The van der Waals surface area contributed by atoms with E-state index in [4.69, 9.17) is 0 Å². The highest BCUT2D eigenvalue weighted by Gasteiger charge is 2.26. The van der Waals surface area contributed by atoms with Gasteiger partial charge in [-0.3, -0.25) is 14.2 Å². The van der Waals surface area contributed by atoms with E-state index in [9.17, 15) is 28.0 Å². The molecule has 10 nitrogen and oxygen atoms in total. The van der Waals surface area contributed by atoms with Crippen LogP contribution in [0.25, 0.3) is 26.3 Å². The monoisotopic (exact) mass is 672 g/mol. The molecule has 1 aliphatic rings. The molecule has 0 aliphatic carbocycles. The molecule has 248 valence electrons. The second-order valence-electron chi connectivity index (χ2n) is 11.6. The minimum atomic E-state index is -0.806. The van der Waals surface area contributed by atoms with Crippen LogP contribution >= 0.6 is 11.3 Å². The maximum absolute atomic E-state index is 15.0. The highest BCUT2D eigenvalue weighted by molar-refractivity contribution is 7.22. The average Bonchev–Trinajstić information content (AvgIpc) is 3.67. The third-order valence-electron chi connectivity index (χ3n) is 8.45. The molecular weight excluding hydrogens is 638 g/mol. The van der Waals surface area contributed by atoms with Gasteiger partial charge in [0.05, 0.1) is 17.6 Å². The number of hydrogen-bond acceptors (Lipinski definition) is 6. The first-order valence-corrected chi connectivity index (χ1v) is 16.3. The van der Waals surface area contributed by atoms with Gasteiger partial charge in [0, 0.05) is 55.8 Å². The number of aromatic nitrogens is 2. The second-order valence-corrected chi connectivity index (χ2v) is 12.6. The summed E-state index contributed by atoms with van der Waals surface area (Å²) in [5.74, 6) is -1.49. The number of fused-ring (bicyclic) bond motifs is 1. The average molecular weight is 673 g/mol. The molecule has 13 heteroatoms. The van der Waals surface area contributed by atoms with E-state index in [1.165, 1.54) is 29.0 Å². The third-order valence-corrected chi connectivity index (χ3v) is 9.75. The number of likely N-dealkylation sites (N-methyl/N-ethyl adjacent to an activating group) is 1. The molecule has 1 aliphatic heterocycles. The number of urea groups is 1. The number of nitrogens with zero attached hydrogens (tertiary/aromatic N) is 4. The quantitative estimate of drug-likeness (QED) is 0.217. The Morgan fingerprint density at radius 3 is 2.29 bits per heavy atom. The minimum Gasteiger partial charge on any atom is -0.341 e. The number of likely N-dealkylation sites (tertiary alicyclic amines) is 1. The molecule has 2 N–H and O–H groups in total. The fraction of sp³-hybridized carbons (Fsp3) is 0.257. The van der Waals surface area contributed by atoms with Gasteiger partial charge in [0.15, 0.2) is 0 Å². The molecule has 3 heterocycles. The van der Waals surface area contributed by atoms with Crippen molar-refractivity contribution in [1.29, 1.82) is 0 Å². The molecule has 1 fully saturated rings. The summed E-state index contributed by atoms with van der Waals surface area (Å²) in [6.45, 7) is 1.60. The normalized spacial score (nSPS) is 13.1. The summed E-state index contributed by atoms with van der Waals surface area (Å²) in [7, 11) is 3.41. The number of carbonyl (C=O) groups excluding carboxylic acids is 2. The van der Waals surface area contributed by atoms with Gasteiger partial charge in [-0.25, -0.2) is 22.9 Å². The van der Waals surface area contributed by atoms with Gasteiger partial charge < -0.3 is 20.4 Å². The highest BCUT2D eigenvalue weighted by atomic mass is 32.1. The van der Waals surface area contributed by atoms with Crippen LogP contribution in [0, 0.1) is 11.6 Å². The number of amides is 3. The van der Waals surface area contributed by atoms with Crippen molar-refractivity contribution in [3.8, 4) is 16.1 Å². The Hall–Kier alpha value is -5.14. The summed E-state index contributed by atoms with van der Waals surface area (Å²) in [5, 5.41) is 5.49. The van der Waals surface area contributed by atoms with E-state index in [1.807, 2.05) is 16.8 Å². The molecule has 0 atom stereocenters. The fourth-order valence-corrected chi connectivity index (χ4v) is 7.22. The number of halogens is 2. The van der Waals surface area contributed by atoms with Crippen LogP contribution in [0.5, 0.6) is 0 Å². The van der Waals surface area contributed by atoms with Gasteiger partial charge in [0.1, 0.15) is 16.5 Å². The van der Waals surface area contributed by atoms with Crippen molar-refractivity contribution in [3.63, 3.8) is 0 Å². The number of nitrogens with one attached hydrogen (secondary N) is 2. The molecule has 2 aromatic heterocycles. The number of thiophene rings is 1. The Balaban J connectivity index is 1.55. The smallest absolute Gasteiger partial charge is 0.337 e. The van der Waals surface area contributed by atoms with Crippen LogP contribution in [0.3, 0.4) is 0 Å². The number of rotatable bonds is 10. The van der Waals surface area contributed by atoms with E-state index in [0.717, 1.165) is 28.7 Å². The molecule has 0 spiro atoms. The lowest BCUT2D eigenvalue weighted by molar-refractivity contribution is -0.127. The molecule has 3 aromatic carbocycles. The Morgan fingerprint density at radius 1 is 0.938 bits per heavy atom. The molecule has 48 heavy (non-hydrogen) atoms. The first-order chi connectivity index (χ1) is 23.2. The van der Waals surface area contributed by atoms with Gasteiger partial charge in [0.25, 0.3) is 5.56 Å². The SMILES string of the molecule is CNC(=O)Nc1ccc(-c2sc3c(c2CN(C)CCN2CCCC2=O)c(=O)n(-c2ccccc2)c(=O)n3Cc2c(F)cccc2F)cc1. The molecule has 6 rings (SSSR count). The number of hydrogen-bond donors (Lipinski definition) is 2. The van der Waals surface area contributed by atoms with Crippen molar-refractivity contribution in [1.82, 2.24) is 24.3 Å². The zero-order valence-electron chi connectivity index (χ0n) is 26.5. The van der Waals surface area contributed by atoms with E-state index < -0.39 is 29.4 Å². The van der Waals surface area contributed by atoms with Crippen molar-refractivity contribution >= 4 is 39.2 Å². The summed E-state index contributed by atoms with van der Waals surface area (Å²) >= 11 is 1.19. The number of anilines is 1. The van der Waals surface area contributed by atoms with Crippen LogP contribution in [0.1, 0.15) is 24.0 Å². The second kappa shape index (κ2) is 13.9. The summed E-state index contributed by atoms with van der Waals surface area (Å²) in [6.07, 6.45) is 1.36. The predicted molar refractivity (Wildman–Crippen MR) is 183 cm³/mol. The Kier molecular flexibility index (Phi) is 9.51. The standard InChI is InChI=1S/C35H34F2N6O4S/c1-38-34(46)39-23-15-13-22(14-16-23)31-26(20-40(2)18-19-41-17-7-12-29(41)44)30-32(45)43(24-8-4-3-5-9-24)35(47)42(33(30)48-31)21-25-27(36)10-6-11-28(25)37/h3-6,8-11,13-16H,7,12,17-21H2,1-2H3,(H2,38,39,46). The van der Waals surface area contributed by atoms with Gasteiger partial charge in [-0.15, -0.1) is 11.3 Å².